The number of aryl methyl sites for hydroxylation is 1. The van der Waals surface area contributed by atoms with Crippen LogP contribution in [0.2, 0.25) is 0 Å². The highest BCUT2D eigenvalue weighted by atomic mass is 79.9. The topological polar surface area (TPSA) is 12.0 Å². The minimum Gasteiger partial charge on any atom is -0.378 e. The molecule has 0 radical (unpaired) electrons. The highest BCUT2D eigenvalue weighted by Gasteiger charge is 2.12. The maximum Gasteiger partial charge on any atom is 0.0513 e. The molecule has 21 heavy (non-hydrogen) atoms. The van der Waals surface area contributed by atoms with Gasteiger partial charge in [-0.15, -0.1) is 0 Å². The van der Waals surface area contributed by atoms with Crippen molar-refractivity contribution in [2.75, 3.05) is 5.32 Å². The van der Waals surface area contributed by atoms with Crippen molar-refractivity contribution in [1.29, 1.82) is 0 Å². The molecule has 1 unspecified atom stereocenters. The SMILES string of the molecule is CCCCCC(Nc1cc(Br)ccc1C)c1ccccc1. The van der Waals surface area contributed by atoms with E-state index in [0.717, 1.165) is 4.47 Å². The highest BCUT2D eigenvalue weighted by molar-refractivity contribution is 9.10. The summed E-state index contributed by atoms with van der Waals surface area (Å²) >= 11 is 3.57. The molecule has 0 heterocycles. The Hall–Kier alpha value is -1.28. The van der Waals surface area contributed by atoms with Gasteiger partial charge in [0.05, 0.1) is 6.04 Å². The fraction of sp³-hybridized carbons (Fsp3) is 0.368. The van der Waals surface area contributed by atoms with Gasteiger partial charge >= 0.3 is 0 Å². The Morgan fingerprint density at radius 1 is 1.05 bits per heavy atom. The van der Waals surface area contributed by atoms with Crippen LogP contribution in [0.25, 0.3) is 0 Å². The monoisotopic (exact) mass is 345 g/mol. The number of nitrogens with one attached hydrogen (secondary N) is 1. The molecule has 0 saturated heterocycles. The molecule has 2 heteroatoms. The molecule has 1 atom stereocenters. The lowest BCUT2D eigenvalue weighted by Gasteiger charge is -2.22. The van der Waals surface area contributed by atoms with E-state index in [2.05, 4.69) is 83.6 Å². The second kappa shape index (κ2) is 8.23. The third-order valence-electron chi connectivity index (χ3n) is 3.83. The van der Waals surface area contributed by atoms with Crippen molar-refractivity contribution < 1.29 is 0 Å². The summed E-state index contributed by atoms with van der Waals surface area (Å²) in [5.41, 5.74) is 3.87. The van der Waals surface area contributed by atoms with Crippen LogP contribution in [0.15, 0.2) is 53.0 Å². The molecule has 2 aromatic rings. The maximum absolute atomic E-state index is 3.73. The van der Waals surface area contributed by atoms with Gasteiger partial charge in [0.1, 0.15) is 0 Å². The van der Waals surface area contributed by atoms with E-state index in [1.54, 1.807) is 0 Å². The van der Waals surface area contributed by atoms with Crippen LogP contribution in [0.1, 0.15) is 49.8 Å². The largest absolute Gasteiger partial charge is 0.378 e. The third kappa shape index (κ3) is 4.89. The van der Waals surface area contributed by atoms with Gasteiger partial charge in [0.25, 0.3) is 0 Å². The van der Waals surface area contributed by atoms with Crippen molar-refractivity contribution >= 4 is 21.6 Å². The van der Waals surface area contributed by atoms with Gasteiger partial charge in [0, 0.05) is 10.2 Å². The zero-order valence-electron chi connectivity index (χ0n) is 12.9. The summed E-state index contributed by atoms with van der Waals surface area (Å²) < 4.78 is 1.12. The molecule has 0 saturated carbocycles. The van der Waals surface area contributed by atoms with Crippen LogP contribution in [0.5, 0.6) is 0 Å². The second-order valence-electron chi connectivity index (χ2n) is 5.56. The van der Waals surface area contributed by atoms with E-state index in [4.69, 9.17) is 0 Å². The van der Waals surface area contributed by atoms with Gasteiger partial charge in [-0.05, 0) is 36.6 Å². The van der Waals surface area contributed by atoms with E-state index in [9.17, 15) is 0 Å². The molecule has 0 amide bonds. The number of anilines is 1. The standard InChI is InChI=1S/C19H24BrN/c1-3-4-6-11-18(16-9-7-5-8-10-16)21-19-14-17(20)13-12-15(19)2/h5,7-10,12-14,18,21H,3-4,6,11H2,1-2H3. The number of rotatable bonds is 7. The van der Waals surface area contributed by atoms with Gasteiger partial charge in [-0.3, -0.25) is 0 Å². The smallest absolute Gasteiger partial charge is 0.0513 e. The Bertz CT molecular complexity index is 551. The first kappa shape index (κ1) is 16.1. The van der Waals surface area contributed by atoms with Crippen LogP contribution in [0, 0.1) is 6.92 Å². The Morgan fingerprint density at radius 2 is 1.81 bits per heavy atom. The molecule has 0 fully saturated rings. The van der Waals surface area contributed by atoms with E-state index in [1.165, 1.54) is 42.5 Å². The zero-order valence-corrected chi connectivity index (χ0v) is 14.5. The van der Waals surface area contributed by atoms with Crippen molar-refractivity contribution in [3.8, 4) is 0 Å². The number of halogens is 1. The predicted molar refractivity (Wildman–Crippen MR) is 95.8 cm³/mol. The molecule has 2 rings (SSSR count). The van der Waals surface area contributed by atoms with Crippen molar-refractivity contribution in [2.24, 2.45) is 0 Å². The maximum atomic E-state index is 3.73. The summed E-state index contributed by atoms with van der Waals surface area (Å²) in [5.74, 6) is 0. The lowest BCUT2D eigenvalue weighted by Crippen LogP contribution is -2.11. The Balaban J connectivity index is 2.17. The third-order valence-corrected chi connectivity index (χ3v) is 4.32. The summed E-state index contributed by atoms with van der Waals surface area (Å²) in [6.45, 7) is 4.41. The van der Waals surface area contributed by atoms with E-state index < -0.39 is 0 Å². The van der Waals surface area contributed by atoms with Crippen molar-refractivity contribution in [3.63, 3.8) is 0 Å². The molecule has 0 aromatic heterocycles. The van der Waals surface area contributed by atoms with Gasteiger partial charge in [-0.2, -0.15) is 0 Å². The van der Waals surface area contributed by atoms with Gasteiger partial charge in [0.15, 0.2) is 0 Å². The normalized spacial score (nSPS) is 12.1. The number of hydrogen-bond acceptors (Lipinski definition) is 1. The fourth-order valence-electron chi connectivity index (χ4n) is 2.54. The van der Waals surface area contributed by atoms with E-state index in [1.807, 2.05) is 0 Å². The van der Waals surface area contributed by atoms with Crippen LogP contribution in [-0.2, 0) is 0 Å². The Kier molecular flexibility index (Phi) is 6.31. The van der Waals surface area contributed by atoms with Gasteiger partial charge in [-0.25, -0.2) is 0 Å². The summed E-state index contributed by atoms with van der Waals surface area (Å²) in [7, 11) is 0. The van der Waals surface area contributed by atoms with Crippen LogP contribution in [0.3, 0.4) is 0 Å². The van der Waals surface area contributed by atoms with Crippen molar-refractivity contribution in [2.45, 2.75) is 45.6 Å². The van der Waals surface area contributed by atoms with E-state index in [0.29, 0.717) is 6.04 Å². The minimum absolute atomic E-state index is 0.380. The first-order valence-corrected chi connectivity index (χ1v) is 8.57. The molecule has 0 aliphatic heterocycles. The summed E-state index contributed by atoms with van der Waals surface area (Å²) in [4.78, 5) is 0. The summed E-state index contributed by atoms with van der Waals surface area (Å²) in [5, 5.41) is 3.73. The quantitative estimate of drug-likeness (QED) is 0.565. The number of benzene rings is 2. The first-order chi connectivity index (χ1) is 10.2. The molecule has 0 spiro atoms. The average Bonchev–Trinajstić information content (AvgIpc) is 2.51. The second-order valence-corrected chi connectivity index (χ2v) is 6.48. The molecule has 1 nitrogen and oxygen atoms in total. The van der Waals surface area contributed by atoms with Gasteiger partial charge in [0.2, 0.25) is 0 Å². The van der Waals surface area contributed by atoms with E-state index in [-0.39, 0.29) is 0 Å². The zero-order chi connectivity index (χ0) is 15.1. The lowest BCUT2D eigenvalue weighted by molar-refractivity contribution is 0.606. The number of hydrogen-bond donors (Lipinski definition) is 1. The van der Waals surface area contributed by atoms with Crippen molar-refractivity contribution in [1.82, 2.24) is 0 Å². The van der Waals surface area contributed by atoms with Crippen LogP contribution in [-0.4, -0.2) is 0 Å². The summed E-state index contributed by atoms with van der Waals surface area (Å²) in [6.07, 6.45) is 4.99. The Morgan fingerprint density at radius 3 is 2.52 bits per heavy atom. The molecule has 0 bridgehead atoms. The first-order valence-electron chi connectivity index (χ1n) is 7.78. The molecular formula is C19H24BrN. The van der Waals surface area contributed by atoms with Gasteiger partial charge < -0.3 is 5.32 Å². The lowest BCUT2D eigenvalue weighted by atomic mass is 9.99. The van der Waals surface area contributed by atoms with Crippen molar-refractivity contribution in [3.05, 3.63) is 64.1 Å². The highest BCUT2D eigenvalue weighted by Crippen LogP contribution is 2.28. The Labute approximate surface area is 136 Å². The average molecular weight is 346 g/mol. The van der Waals surface area contributed by atoms with Gasteiger partial charge in [-0.1, -0.05) is 78.5 Å². The molecule has 0 aliphatic rings. The van der Waals surface area contributed by atoms with Crippen LogP contribution >= 0.6 is 15.9 Å². The molecule has 112 valence electrons. The molecule has 1 N–H and O–H groups in total. The predicted octanol–water partition coefficient (Wildman–Crippen LogP) is 6.49. The summed E-state index contributed by atoms with van der Waals surface area (Å²) in [6, 6.07) is 17.6. The molecular weight excluding hydrogens is 322 g/mol. The molecule has 2 aromatic carbocycles. The van der Waals surface area contributed by atoms with E-state index >= 15 is 0 Å². The fourth-order valence-corrected chi connectivity index (χ4v) is 2.90. The molecule has 0 aliphatic carbocycles. The number of unbranched alkanes of at least 4 members (excludes halogenated alkanes) is 2. The van der Waals surface area contributed by atoms with Crippen LogP contribution < -0.4 is 5.32 Å². The van der Waals surface area contributed by atoms with Crippen LogP contribution in [0.4, 0.5) is 5.69 Å². The minimum atomic E-state index is 0.380.